The molecule has 0 aromatic carbocycles. The smallest absolute Gasteiger partial charge is 0.432 e. The molecule has 0 aromatic heterocycles. The van der Waals surface area contributed by atoms with Crippen LogP contribution >= 0.6 is 0 Å². The molecule has 0 bridgehead atoms. The molecule has 1 saturated heterocycles. The van der Waals surface area contributed by atoms with Gasteiger partial charge in [0.2, 0.25) is 6.10 Å². The number of cyclic esters (lactones) is 2. The van der Waals surface area contributed by atoms with E-state index in [-0.39, 0.29) is 6.61 Å². The van der Waals surface area contributed by atoms with E-state index in [1.807, 2.05) is 0 Å². The van der Waals surface area contributed by atoms with Crippen LogP contribution in [0.15, 0.2) is 12.8 Å². The van der Waals surface area contributed by atoms with E-state index in [0.717, 1.165) is 6.26 Å². The summed E-state index contributed by atoms with van der Waals surface area (Å²) in [4.78, 5) is 21.0. The maximum Gasteiger partial charge on any atom is 0.509 e. The SMILES string of the molecule is C=COC(=O)C1COC(=O)O1. The first-order valence-electron chi connectivity index (χ1n) is 2.89. The number of esters is 1. The van der Waals surface area contributed by atoms with Crippen molar-refractivity contribution in [3.63, 3.8) is 0 Å². The second-order valence-electron chi connectivity index (χ2n) is 1.77. The van der Waals surface area contributed by atoms with Crippen LogP contribution < -0.4 is 0 Å². The van der Waals surface area contributed by atoms with E-state index in [1.165, 1.54) is 0 Å². The Kier molecular flexibility index (Phi) is 2.10. The molecule has 0 radical (unpaired) electrons. The van der Waals surface area contributed by atoms with Gasteiger partial charge in [-0.3, -0.25) is 0 Å². The van der Waals surface area contributed by atoms with E-state index >= 15 is 0 Å². The van der Waals surface area contributed by atoms with Gasteiger partial charge in [0.15, 0.2) is 0 Å². The quantitative estimate of drug-likeness (QED) is 0.424. The van der Waals surface area contributed by atoms with Crippen molar-refractivity contribution in [3.05, 3.63) is 12.8 Å². The Morgan fingerprint density at radius 3 is 3.00 bits per heavy atom. The predicted molar refractivity (Wildman–Crippen MR) is 32.5 cm³/mol. The van der Waals surface area contributed by atoms with Gasteiger partial charge < -0.3 is 14.2 Å². The third-order valence-electron chi connectivity index (χ3n) is 1.05. The second-order valence-corrected chi connectivity index (χ2v) is 1.77. The fraction of sp³-hybridized carbons (Fsp3) is 0.333. The van der Waals surface area contributed by atoms with Crippen molar-refractivity contribution >= 4 is 12.1 Å². The second kappa shape index (κ2) is 3.05. The van der Waals surface area contributed by atoms with Gasteiger partial charge in [-0.25, -0.2) is 9.59 Å². The molecule has 0 N–H and O–H groups in total. The molecular formula is C6H6O5. The first-order chi connectivity index (χ1) is 5.24. The third-order valence-corrected chi connectivity index (χ3v) is 1.05. The number of carbonyl (C=O) groups excluding carboxylic acids is 2. The lowest BCUT2D eigenvalue weighted by molar-refractivity contribution is -0.145. The minimum absolute atomic E-state index is 0.0918. The van der Waals surface area contributed by atoms with Crippen LogP contribution in [-0.2, 0) is 19.0 Å². The average molecular weight is 158 g/mol. The van der Waals surface area contributed by atoms with Crippen LogP contribution in [-0.4, -0.2) is 24.8 Å². The Hall–Kier alpha value is -1.52. The molecule has 1 unspecified atom stereocenters. The number of rotatable bonds is 2. The van der Waals surface area contributed by atoms with Gasteiger partial charge in [0, 0.05) is 0 Å². The minimum atomic E-state index is -0.944. The van der Waals surface area contributed by atoms with E-state index in [2.05, 4.69) is 20.8 Å². The lowest BCUT2D eigenvalue weighted by Crippen LogP contribution is -2.23. The molecular weight excluding hydrogens is 152 g/mol. The van der Waals surface area contributed by atoms with Crippen molar-refractivity contribution in [2.75, 3.05) is 6.61 Å². The Labute approximate surface area is 62.5 Å². The van der Waals surface area contributed by atoms with E-state index in [4.69, 9.17) is 0 Å². The van der Waals surface area contributed by atoms with Crippen LogP contribution in [0.1, 0.15) is 0 Å². The molecule has 0 saturated carbocycles. The zero-order valence-electron chi connectivity index (χ0n) is 5.61. The summed E-state index contributed by atoms with van der Waals surface area (Å²) in [5.74, 6) is -0.675. The molecule has 0 amide bonds. The molecule has 0 aliphatic carbocycles. The topological polar surface area (TPSA) is 61.8 Å². The average Bonchev–Trinajstić information content (AvgIpc) is 2.36. The summed E-state index contributed by atoms with van der Waals surface area (Å²) in [5, 5.41) is 0. The fourth-order valence-electron chi connectivity index (χ4n) is 0.602. The van der Waals surface area contributed by atoms with E-state index < -0.39 is 18.2 Å². The van der Waals surface area contributed by atoms with Crippen molar-refractivity contribution in [1.82, 2.24) is 0 Å². The first-order valence-corrected chi connectivity index (χ1v) is 2.89. The Balaban J connectivity index is 2.42. The highest BCUT2D eigenvalue weighted by Crippen LogP contribution is 2.07. The highest BCUT2D eigenvalue weighted by Gasteiger charge is 2.32. The molecule has 1 atom stereocenters. The highest BCUT2D eigenvalue weighted by atomic mass is 16.8. The van der Waals surface area contributed by atoms with Crippen LogP contribution in [0.5, 0.6) is 0 Å². The van der Waals surface area contributed by atoms with Crippen LogP contribution in [0.3, 0.4) is 0 Å². The number of hydrogen-bond donors (Lipinski definition) is 0. The summed E-state index contributed by atoms with van der Waals surface area (Å²) in [6.45, 7) is 3.07. The Morgan fingerprint density at radius 1 is 1.82 bits per heavy atom. The van der Waals surface area contributed by atoms with Crippen LogP contribution in [0.2, 0.25) is 0 Å². The van der Waals surface area contributed by atoms with Gasteiger partial charge in [-0.15, -0.1) is 0 Å². The van der Waals surface area contributed by atoms with E-state index in [1.54, 1.807) is 0 Å². The molecule has 0 spiro atoms. The maximum atomic E-state index is 10.7. The molecule has 11 heavy (non-hydrogen) atoms. The van der Waals surface area contributed by atoms with Gasteiger partial charge >= 0.3 is 12.1 Å². The van der Waals surface area contributed by atoms with Gasteiger partial charge in [-0.2, -0.15) is 0 Å². The Bertz CT molecular complexity index is 197. The van der Waals surface area contributed by atoms with Crippen LogP contribution in [0, 0.1) is 0 Å². The summed E-state index contributed by atoms with van der Waals surface area (Å²) in [7, 11) is 0. The summed E-state index contributed by atoms with van der Waals surface area (Å²) < 4.78 is 13.1. The predicted octanol–water partition coefficient (Wildman–Crippen LogP) is 0.209. The zero-order chi connectivity index (χ0) is 8.27. The Morgan fingerprint density at radius 2 is 2.55 bits per heavy atom. The van der Waals surface area contributed by atoms with Crippen molar-refractivity contribution in [2.24, 2.45) is 0 Å². The largest absolute Gasteiger partial charge is 0.509 e. The van der Waals surface area contributed by atoms with Gasteiger partial charge in [0.05, 0.1) is 6.26 Å². The minimum Gasteiger partial charge on any atom is -0.432 e. The lowest BCUT2D eigenvalue weighted by Gasteiger charge is -2.01. The molecule has 5 nitrogen and oxygen atoms in total. The number of ether oxygens (including phenoxy) is 3. The highest BCUT2D eigenvalue weighted by molar-refractivity contribution is 5.80. The summed E-state index contributed by atoms with van der Waals surface area (Å²) in [6.07, 6.45) is -0.828. The lowest BCUT2D eigenvalue weighted by atomic mass is 10.4. The van der Waals surface area contributed by atoms with Crippen LogP contribution in [0.4, 0.5) is 4.79 Å². The normalized spacial score (nSPS) is 21.8. The van der Waals surface area contributed by atoms with Crippen molar-refractivity contribution < 1.29 is 23.8 Å². The molecule has 5 heteroatoms. The first kappa shape index (κ1) is 7.59. The number of carbonyl (C=O) groups is 2. The summed E-state index contributed by atoms with van der Waals surface area (Å²) in [6, 6.07) is 0. The fourth-order valence-corrected chi connectivity index (χ4v) is 0.602. The molecule has 1 aliphatic rings. The standard InChI is InChI=1S/C6H6O5/c1-2-9-5(7)4-3-10-6(8)11-4/h2,4H,1,3H2. The van der Waals surface area contributed by atoms with Crippen molar-refractivity contribution in [1.29, 1.82) is 0 Å². The third kappa shape index (κ3) is 1.70. The maximum absolute atomic E-state index is 10.7. The number of hydrogen-bond acceptors (Lipinski definition) is 5. The summed E-state index contributed by atoms with van der Waals surface area (Å²) >= 11 is 0. The molecule has 60 valence electrons. The monoisotopic (exact) mass is 158 g/mol. The van der Waals surface area contributed by atoms with E-state index in [9.17, 15) is 9.59 Å². The molecule has 1 heterocycles. The van der Waals surface area contributed by atoms with Gasteiger partial charge in [0.1, 0.15) is 6.61 Å². The van der Waals surface area contributed by atoms with Gasteiger partial charge in [-0.05, 0) is 0 Å². The molecule has 1 rings (SSSR count). The van der Waals surface area contributed by atoms with Crippen molar-refractivity contribution in [2.45, 2.75) is 6.10 Å². The van der Waals surface area contributed by atoms with E-state index in [0.29, 0.717) is 0 Å². The zero-order valence-corrected chi connectivity index (χ0v) is 5.61. The molecule has 1 aliphatic heterocycles. The summed E-state index contributed by atoms with van der Waals surface area (Å²) in [5.41, 5.74) is 0. The van der Waals surface area contributed by atoms with Crippen molar-refractivity contribution in [3.8, 4) is 0 Å². The molecule has 1 fully saturated rings. The molecule has 0 aromatic rings. The van der Waals surface area contributed by atoms with Gasteiger partial charge in [0.25, 0.3) is 0 Å². The van der Waals surface area contributed by atoms with Gasteiger partial charge in [-0.1, -0.05) is 6.58 Å². The van der Waals surface area contributed by atoms with Crippen LogP contribution in [0.25, 0.3) is 0 Å².